The summed E-state index contributed by atoms with van der Waals surface area (Å²) < 4.78 is 87.4. The number of methoxy groups -OCH3 is 3. The molecule has 29 unspecified atom stereocenters. The third-order valence-electron chi connectivity index (χ3n) is 20.5. The molecule has 1 spiro atoms. The van der Waals surface area contributed by atoms with Crippen molar-refractivity contribution >= 4 is 18.0 Å². The Balaban J connectivity index is 0.777. The Morgan fingerprint density at radius 1 is 0.671 bits per heavy atom. The molecule has 82 heavy (non-hydrogen) atoms. The van der Waals surface area contributed by atoms with E-state index in [-0.39, 0.29) is 31.0 Å². The number of carbonyl (C=O) groups excluding carboxylic acids is 2. The number of esters is 2. The van der Waals surface area contributed by atoms with E-state index in [0.717, 1.165) is 12.0 Å². The molecule has 29 atom stereocenters. The van der Waals surface area contributed by atoms with E-state index in [0.29, 0.717) is 44.9 Å². The van der Waals surface area contributed by atoms with Crippen LogP contribution in [0.5, 0.6) is 0 Å². The first-order valence-corrected chi connectivity index (χ1v) is 29.4. The maximum Gasteiger partial charge on any atom is 0.331 e. The van der Waals surface area contributed by atoms with Crippen molar-refractivity contribution in [2.45, 2.75) is 240 Å². The summed E-state index contributed by atoms with van der Waals surface area (Å²) in [5.74, 6) is -4.06. The Hall–Kier alpha value is -2.86. The number of carbonyl (C=O) groups is 2. The molecule has 7 N–H and O–H groups in total. The van der Waals surface area contributed by atoms with Crippen LogP contribution in [0, 0.1) is 34.5 Å². The van der Waals surface area contributed by atoms with Gasteiger partial charge < -0.3 is 102 Å². The molecule has 5 aliphatic heterocycles. The second-order valence-corrected chi connectivity index (χ2v) is 25.0. The SMILES string of the molecule is COC1CC(OC2CCC3(C)C(CCC4C3C(OC(=O)C=Cc3ccccc3)C(OC(C)=O)C35COC(C)(O)C3CCC45O)C2)OC(C)C1OC1CC(OC)C(OC2OC(C)C(OC3OC(CO)C(O)C(O)C3O)C(OC)C2O)C(C)O1. The van der Waals surface area contributed by atoms with Crippen molar-refractivity contribution in [3.63, 3.8) is 0 Å². The molecule has 462 valence electrons. The fourth-order valence-corrected chi connectivity index (χ4v) is 16.4. The zero-order valence-electron chi connectivity index (χ0n) is 48.4. The lowest BCUT2D eigenvalue weighted by atomic mass is 9.41. The van der Waals surface area contributed by atoms with E-state index in [4.69, 9.17) is 66.3 Å². The maximum absolute atomic E-state index is 14.1. The van der Waals surface area contributed by atoms with Gasteiger partial charge in [0.2, 0.25) is 0 Å². The van der Waals surface area contributed by atoms with Crippen LogP contribution in [0.2, 0.25) is 0 Å². The Kier molecular flexibility index (Phi) is 18.8. The fourth-order valence-electron chi connectivity index (χ4n) is 16.4. The van der Waals surface area contributed by atoms with Crippen LogP contribution in [-0.2, 0) is 75.9 Å². The summed E-state index contributed by atoms with van der Waals surface area (Å²) >= 11 is 0. The zero-order chi connectivity index (χ0) is 58.8. The largest absolute Gasteiger partial charge is 0.458 e. The van der Waals surface area contributed by atoms with E-state index in [1.54, 1.807) is 41.1 Å². The van der Waals surface area contributed by atoms with Gasteiger partial charge in [0, 0.05) is 59.0 Å². The van der Waals surface area contributed by atoms with Crippen molar-refractivity contribution in [1.82, 2.24) is 0 Å². The van der Waals surface area contributed by atoms with Gasteiger partial charge in [-0.1, -0.05) is 37.3 Å². The molecular weight excluding hydrogens is 1080 g/mol. The lowest BCUT2D eigenvalue weighted by molar-refractivity contribution is -0.373. The van der Waals surface area contributed by atoms with Gasteiger partial charge in [-0.05, 0) is 102 Å². The van der Waals surface area contributed by atoms with E-state index >= 15 is 0 Å². The topological polar surface area (TPSA) is 305 Å². The maximum atomic E-state index is 14.1. The van der Waals surface area contributed by atoms with Gasteiger partial charge in [0.25, 0.3) is 0 Å². The summed E-state index contributed by atoms with van der Waals surface area (Å²) in [5.41, 5.74) is -2.29. The Labute approximate surface area is 479 Å². The molecule has 23 nitrogen and oxygen atoms in total. The van der Waals surface area contributed by atoms with Gasteiger partial charge in [-0.15, -0.1) is 0 Å². The van der Waals surface area contributed by atoms with Crippen molar-refractivity contribution in [1.29, 1.82) is 0 Å². The number of aliphatic hydroxyl groups excluding tert-OH is 5. The summed E-state index contributed by atoms with van der Waals surface area (Å²) in [6, 6.07) is 9.41. The molecule has 0 amide bonds. The smallest absolute Gasteiger partial charge is 0.331 e. The first kappa shape index (κ1) is 62.2. The minimum atomic E-state index is -1.68. The van der Waals surface area contributed by atoms with Crippen LogP contribution in [0.1, 0.15) is 105 Å². The molecule has 1 aromatic rings. The summed E-state index contributed by atoms with van der Waals surface area (Å²) in [6.07, 6.45) is -12.7. The number of fused-ring (bicyclic) bond motifs is 4. The van der Waals surface area contributed by atoms with Crippen molar-refractivity contribution in [2.75, 3.05) is 34.5 Å². The van der Waals surface area contributed by atoms with Crippen molar-refractivity contribution in [3.05, 3.63) is 42.0 Å². The molecule has 0 aromatic heterocycles. The molecule has 1 aromatic carbocycles. The van der Waals surface area contributed by atoms with Gasteiger partial charge in [-0.3, -0.25) is 4.79 Å². The van der Waals surface area contributed by atoms with Crippen LogP contribution >= 0.6 is 0 Å². The zero-order valence-corrected chi connectivity index (χ0v) is 48.4. The molecule has 9 aliphatic rings. The van der Waals surface area contributed by atoms with Crippen LogP contribution in [0.3, 0.4) is 0 Å². The lowest BCUT2D eigenvalue weighted by Gasteiger charge is -2.66. The van der Waals surface area contributed by atoms with E-state index < -0.39 is 175 Å². The standard InChI is InChI=1S/C59H88O23/c1-28-48(80-42-25-37(70-8)49(29(2)74-42)81-55-47(66)52(71-9)50(30(3)75-55)82-54-46(65)45(64)44(63)38(26-60)78-54)36(69-7)24-41(73-28)77-34-19-21-56(5)33(23-34)16-17-35-43(56)51(79-40(62)18-15-32-13-11-10-12-14-32)53(76-31(4)61)58-27-72-57(6,67)39(58)20-22-59(35,58)68/h10-15,18,28-30,33-39,41-55,60,63-68H,16-17,19-27H2,1-9H3. The molecule has 23 heteroatoms. The number of aliphatic hydroxyl groups is 7. The fraction of sp³-hybridized carbons (Fsp3) is 0.831. The van der Waals surface area contributed by atoms with Gasteiger partial charge in [-0.2, -0.15) is 0 Å². The van der Waals surface area contributed by atoms with Gasteiger partial charge in [-0.25, -0.2) is 4.79 Å². The Bertz CT molecular complexity index is 2360. The van der Waals surface area contributed by atoms with Crippen molar-refractivity contribution in [2.24, 2.45) is 34.5 Å². The second-order valence-electron chi connectivity index (χ2n) is 25.0. The number of hydrogen-bond acceptors (Lipinski definition) is 23. The van der Waals surface area contributed by atoms with Crippen LogP contribution in [0.4, 0.5) is 0 Å². The highest BCUT2D eigenvalue weighted by molar-refractivity contribution is 5.87. The summed E-state index contributed by atoms with van der Waals surface area (Å²) in [5, 5.41) is 77.5. The third-order valence-corrected chi connectivity index (χ3v) is 20.5. The minimum absolute atomic E-state index is 0.0596. The van der Waals surface area contributed by atoms with Crippen molar-refractivity contribution in [3.8, 4) is 0 Å². The highest BCUT2D eigenvalue weighted by Crippen LogP contribution is 2.73. The van der Waals surface area contributed by atoms with E-state index in [1.165, 1.54) is 20.1 Å². The Morgan fingerprint density at radius 3 is 1.95 bits per heavy atom. The van der Waals surface area contributed by atoms with E-state index in [9.17, 15) is 45.3 Å². The quantitative estimate of drug-likeness (QED) is 0.0708. The first-order valence-electron chi connectivity index (χ1n) is 29.4. The van der Waals surface area contributed by atoms with Gasteiger partial charge in [0.1, 0.15) is 67.1 Å². The monoisotopic (exact) mass is 1160 g/mol. The van der Waals surface area contributed by atoms with E-state index in [2.05, 4.69) is 6.92 Å². The second kappa shape index (κ2) is 24.7. The number of hydrogen-bond donors (Lipinski definition) is 7. The van der Waals surface area contributed by atoms with Crippen LogP contribution in [-0.4, -0.2) is 223 Å². The molecular formula is C59H88O23. The molecule has 4 aliphatic carbocycles. The molecule has 0 radical (unpaired) electrons. The lowest BCUT2D eigenvalue weighted by Crippen LogP contribution is -2.74. The molecule has 5 saturated heterocycles. The highest BCUT2D eigenvalue weighted by Gasteiger charge is 2.81. The van der Waals surface area contributed by atoms with Crippen LogP contribution in [0.25, 0.3) is 6.08 Å². The van der Waals surface area contributed by atoms with Gasteiger partial charge in [0.05, 0.1) is 60.9 Å². The van der Waals surface area contributed by atoms with Crippen molar-refractivity contribution < 1.29 is 112 Å². The van der Waals surface area contributed by atoms with Crippen LogP contribution < -0.4 is 0 Å². The summed E-state index contributed by atoms with van der Waals surface area (Å²) in [6.45, 7) is 9.79. The predicted octanol–water partition coefficient (Wildman–Crippen LogP) is 2.02. The average molecular weight is 1170 g/mol. The molecule has 9 fully saturated rings. The summed E-state index contributed by atoms with van der Waals surface area (Å²) in [7, 11) is 4.52. The van der Waals surface area contributed by atoms with Crippen LogP contribution in [0.15, 0.2) is 36.4 Å². The Morgan fingerprint density at radius 2 is 1.30 bits per heavy atom. The molecule has 10 rings (SSSR count). The predicted molar refractivity (Wildman–Crippen MR) is 283 cm³/mol. The van der Waals surface area contributed by atoms with E-state index in [1.807, 2.05) is 37.3 Å². The van der Waals surface area contributed by atoms with Gasteiger partial charge in [0.15, 0.2) is 30.9 Å². The number of ether oxygens (including phenoxy) is 14. The number of rotatable bonds is 16. The minimum Gasteiger partial charge on any atom is -0.458 e. The molecule has 5 heterocycles. The normalized spacial score (nSPS) is 50.2. The number of benzene rings is 1. The third kappa shape index (κ3) is 11.3. The first-order chi connectivity index (χ1) is 39.0. The van der Waals surface area contributed by atoms with Gasteiger partial charge >= 0.3 is 11.9 Å². The summed E-state index contributed by atoms with van der Waals surface area (Å²) in [4.78, 5) is 27.3. The highest BCUT2D eigenvalue weighted by atomic mass is 16.8. The molecule has 4 saturated carbocycles. The average Bonchev–Trinajstić information content (AvgIpc) is 2.73. The molecule has 0 bridgehead atoms.